The molecule has 2 aromatic rings. The van der Waals surface area contributed by atoms with Crippen molar-refractivity contribution < 1.29 is 0 Å². The molecule has 98 valence electrons. The predicted molar refractivity (Wildman–Crippen MR) is 86.9 cm³/mol. The molecule has 0 aliphatic carbocycles. The maximum atomic E-state index is 5.42. The van der Waals surface area contributed by atoms with Gasteiger partial charge in [-0.25, -0.2) is 0 Å². The summed E-state index contributed by atoms with van der Waals surface area (Å²) in [5.74, 6) is 0. The Morgan fingerprint density at radius 1 is 1.05 bits per heavy atom. The van der Waals surface area contributed by atoms with E-state index in [1.165, 1.54) is 5.56 Å². The summed E-state index contributed by atoms with van der Waals surface area (Å²) in [7, 11) is 1.97. The van der Waals surface area contributed by atoms with E-state index < -0.39 is 0 Å². The summed E-state index contributed by atoms with van der Waals surface area (Å²) in [6, 6.07) is 18.4. The van der Waals surface area contributed by atoms with E-state index in [0.717, 1.165) is 17.8 Å². The standard InChI is InChI=1S/C16H18N2S/c1-3-13-9-11-15(12-10-13)18(2)16(19)17-14-7-5-4-6-8-14/h4-12H,3H2,1-2H3,(H,17,19). The number of anilines is 2. The molecule has 0 bridgehead atoms. The molecule has 2 rings (SSSR count). The normalized spacial score (nSPS) is 10.0. The second-order valence-electron chi connectivity index (χ2n) is 4.38. The third kappa shape index (κ3) is 3.55. The predicted octanol–water partition coefficient (Wildman–Crippen LogP) is 4.08. The van der Waals surface area contributed by atoms with Crippen LogP contribution in [0.4, 0.5) is 11.4 Å². The summed E-state index contributed by atoms with van der Waals surface area (Å²) in [6.45, 7) is 2.15. The number of rotatable bonds is 3. The van der Waals surface area contributed by atoms with Crippen molar-refractivity contribution in [3.8, 4) is 0 Å². The maximum absolute atomic E-state index is 5.42. The van der Waals surface area contributed by atoms with Crippen molar-refractivity contribution in [1.29, 1.82) is 0 Å². The van der Waals surface area contributed by atoms with E-state index in [1.54, 1.807) is 0 Å². The molecule has 0 spiro atoms. The first-order valence-corrected chi connectivity index (χ1v) is 6.80. The molecule has 0 atom stereocenters. The highest BCUT2D eigenvalue weighted by atomic mass is 32.1. The molecule has 0 unspecified atom stereocenters. The smallest absolute Gasteiger partial charge is 0.177 e. The van der Waals surface area contributed by atoms with Crippen molar-refractivity contribution in [3.63, 3.8) is 0 Å². The van der Waals surface area contributed by atoms with Gasteiger partial charge in [-0.15, -0.1) is 0 Å². The summed E-state index contributed by atoms with van der Waals surface area (Å²) < 4.78 is 0. The van der Waals surface area contributed by atoms with Gasteiger partial charge in [0.25, 0.3) is 0 Å². The van der Waals surface area contributed by atoms with E-state index in [1.807, 2.05) is 42.3 Å². The fourth-order valence-electron chi connectivity index (χ4n) is 1.80. The Hall–Kier alpha value is -1.87. The van der Waals surface area contributed by atoms with Crippen LogP contribution < -0.4 is 10.2 Å². The van der Waals surface area contributed by atoms with Crippen LogP contribution in [0.15, 0.2) is 54.6 Å². The van der Waals surface area contributed by atoms with Crippen molar-refractivity contribution >= 4 is 28.7 Å². The minimum atomic E-state index is 0.690. The highest BCUT2D eigenvalue weighted by Gasteiger charge is 2.06. The third-order valence-corrected chi connectivity index (χ3v) is 3.44. The first kappa shape index (κ1) is 13.6. The average molecular weight is 270 g/mol. The molecule has 2 nitrogen and oxygen atoms in total. The van der Waals surface area contributed by atoms with Gasteiger partial charge in [-0.3, -0.25) is 0 Å². The number of thiocarbonyl (C=S) groups is 1. The molecule has 0 amide bonds. The number of aryl methyl sites for hydroxylation is 1. The number of hydrogen-bond acceptors (Lipinski definition) is 1. The molecule has 0 aliphatic heterocycles. The zero-order chi connectivity index (χ0) is 13.7. The van der Waals surface area contributed by atoms with Crippen LogP contribution in [0.25, 0.3) is 0 Å². The van der Waals surface area contributed by atoms with Crippen molar-refractivity contribution in [1.82, 2.24) is 0 Å². The van der Waals surface area contributed by atoms with Crippen LogP contribution in [-0.2, 0) is 6.42 Å². The lowest BCUT2D eigenvalue weighted by Gasteiger charge is -2.21. The fourth-order valence-corrected chi connectivity index (χ4v) is 2.02. The monoisotopic (exact) mass is 270 g/mol. The summed E-state index contributed by atoms with van der Waals surface area (Å²) >= 11 is 5.42. The first-order chi connectivity index (χ1) is 9.20. The second kappa shape index (κ2) is 6.34. The summed E-state index contributed by atoms with van der Waals surface area (Å²) in [4.78, 5) is 1.97. The molecule has 2 aromatic carbocycles. The van der Waals surface area contributed by atoms with E-state index in [0.29, 0.717) is 5.11 Å². The summed E-state index contributed by atoms with van der Waals surface area (Å²) in [6.07, 6.45) is 1.05. The quantitative estimate of drug-likeness (QED) is 0.846. The Labute approximate surface area is 120 Å². The molecule has 19 heavy (non-hydrogen) atoms. The summed E-state index contributed by atoms with van der Waals surface area (Å²) in [5.41, 5.74) is 3.43. The molecule has 0 heterocycles. The number of nitrogens with zero attached hydrogens (tertiary/aromatic N) is 1. The second-order valence-corrected chi connectivity index (χ2v) is 4.76. The van der Waals surface area contributed by atoms with E-state index in [2.05, 4.69) is 36.5 Å². The van der Waals surface area contributed by atoms with Gasteiger partial charge in [-0.05, 0) is 48.5 Å². The molecule has 0 radical (unpaired) electrons. The molecule has 1 N–H and O–H groups in total. The van der Waals surface area contributed by atoms with Crippen LogP contribution in [0.5, 0.6) is 0 Å². The molecule has 0 aliphatic rings. The highest BCUT2D eigenvalue weighted by molar-refractivity contribution is 7.80. The first-order valence-electron chi connectivity index (χ1n) is 6.39. The number of nitrogens with one attached hydrogen (secondary N) is 1. The van der Waals surface area contributed by atoms with Gasteiger partial charge >= 0.3 is 0 Å². The van der Waals surface area contributed by atoms with Crippen LogP contribution >= 0.6 is 12.2 Å². The van der Waals surface area contributed by atoms with E-state index in [4.69, 9.17) is 12.2 Å². The maximum Gasteiger partial charge on any atom is 0.177 e. The highest BCUT2D eigenvalue weighted by Crippen LogP contribution is 2.16. The van der Waals surface area contributed by atoms with Gasteiger partial charge in [0.05, 0.1) is 0 Å². The van der Waals surface area contributed by atoms with Crippen molar-refractivity contribution in [2.75, 3.05) is 17.3 Å². The van der Waals surface area contributed by atoms with Gasteiger partial charge in [0.1, 0.15) is 0 Å². The van der Waals surface area contributed by atoms with Gasteiger partial charge in [-0.1, -0.05) is 37.3 Å². The van der Waals surface area contributed by atoms with E-state index in [-0.39, 0.29) is 0 Å². The third-order valence-electron chi connectivity index (χ3n) is 3.06. The molecular formula is C16H18N2S. The lowest BCUT2D eigenvalue weighted by molar-refractivity contribution is 1.13. The van der Waals surface area contributed by atoms with E-state index in [9.17, 15) is 0 Å². The zero-order valence-corrected chi connectivity index (χ0v) is 12.1. The molecule has 0 aromatic heterocycles. The minimum Gasteiger partial charge on any atom is -0.332 e. The van der Waals surface area contributed by atoms with Crippen molar-refractivity contribution in [2.24, 2.45) is 0 Å². The Balaban J connectivity index is 2.06. The fraction of sp³-hybridized carbons (Fsp3) is 0.188. The Bertz CT molecular complexity index is 534. The minimum absolute atomic E-state index is 0.690. The van der Waals surface area contributed by atoms with Crippen molar-refractivity contribution in [2.45, 2.75) is 13.3 Å². The molecule has 0 saturated heterocycles. The van der Waals surface area contributed by atoms with Crippen LogP contribution in [-0.4, -0.2) is 12.2 Å². The lowest BCUT2D eigenvalue weighted by atomic mass is 10.1. The van der Waals surface area contributed by atoms with Gasteiger partial charge in [0, 0.05) is 18.4 Å². The topological polar surface area (TPSA) is 15.3 Å². The lowest BCUT2D eigenvalue weighted by Crippen LogP contribution is -2.30. The zero-order valence-electron chi connectivity index (χ0n) is 11.3. The van der Waals surface area contributed by atoms with Crippen molar-refractivity contribution in [3.05, 3.63) is 60.2 Å². The summed E-state index contributed by atoms with van der Waals surface area (Å²) in [5, 5.41) is 3.92. The largest absolute Gasteiger partial charge is 0.332 e. The average Bonchev–Trinajstić information content (AvgIpc) is 2.47. The number of benzene rings is 2. The van der Waals surface area contributed by atoms with Crippen LogP contribution in [0, 0.1) is 0 Å². The number of hydrogen-bond donors (Lipinski definition) is 1. The molecule has 0 fully saturated rings. The van der Waals surface area contributed by atoms with Crippen LogP contribution in [0.3, 0.4) is 0 Å². The van der Waals surface area contributed by atoms with E-state index >= 15 is 0 Å². The van der Waals surface area contributed by atoms with Crippen LogP contribution in [0.1, 0.15) is 12.5 Å². The Morgan fingerprint density at radius 2 is 1.68 bits per heavy atom. The molecule has 3 heteroatoms. The number of para-hydroxylation sites is 1. The van der Waals surface area contributed by atoms with Gasteiger partial charge in [0.15, 0.2) is 5.11 Å². The molecular weight excluding hydrogens is 252 g/mol. The van der Waals surface area contributed by atoms with Crippen LogP contribution in [0.2, 0.25) is 0 Å². The van der Waals surface area contributed by atoms with Gasteiger partial charge in [-0.2, -0.15) is 0 Å². The van der Waals surface area contributed by atoms with Gasteiger partial charge < -0.3 is 10.2 Å². The Morgan fingerprint density at radius 3 is 2.26 bits per heavy atom. The molecule has 0 saturated carbocycles. The SMILES string of the molecule is CCc1ccc(N(C)C(=S)Nc2ccccc2)cc1. The van der Waals surface area contributed by atoms with Gasteiger partial charge in [0.2, 0.25) is 0 Å². The Kier molecular flexibility index (Phi) is 4.53.